The van der Waals surface area contributed by atoms with Gasteiger partial charge >= 0.3 is 0 Å². The first-order valence-corrected chi connectivity index (χ1v) is 11.6. The molecule has 2 aromatic rings. The average molecular weight is 449 g/mol. The Morgan fingerprint density at radius 3 is 2.67 bits per heavy atom. The number of piperazine rings is 1. The number of anilines is 1. The number of nitriles is 1. The van der Waals surface area contributed by atoms with Crippen molar-refractivity contribution in [2.24, 2.45) is 0 Å². The molecule has 0 saturated carbocycles. The van der Waals surface area contributed by atoms with Crippen LogP contribution in [0.1, 0.15) is 29.8 Å². The van der Waals surface area contributed by atoms with Gasteiger partial charge in [0.25, 0.3) is 5.91 Å². The van der Waals surface area contributed by atoms with Crippen LogP contribution < -0.4 is 9.64 Å². The zero-order valence-electron chi connectivity index (χ0n) is 19.7. The van der Waals surface area contributed by atoms with E-state index in [1.165, 1.54) is 0 Å². The molecular formula is C26H32N4O3. The lowest BCUT2D eigenvalue weighted by Gasteiger charge is -2.36. The third-order valence-corrected chi connectivity index (χ3v) is 6.67. The maximum Gasteiger partial charge on any atom is 0.264 e. The second kappa shape index (κ2) is 10.1. The van der Waals surface area contributed by atoms with Crippen LogP contribution in [-0.2, 0) is 16.1 Å². The van der Waals surface area contributed by atoms with E-state index in [-0.39, 0.29) is 17.6 Å². The highest BCUT2D eigenvalue weighted by molar-refractivity contribution is 6.02. The smallest absolute Gasteiger partial charge is 0.264 e. The van der Waals surface area contributed by atoms with Gasteiger partial charge in [-0.15, -0.1) is 0 Å². The lowest BCUT2D eigenvalue weighted by atomic mass is 10.1. The van der Waals surface area contributed by atoms with Crippen LogP contribution in [0.2, 0.25) is 0 Å². The Labute approximate surface area is 195 Å². The summed E-state index contributed by atoms with van der Waals surface area (Å²) in [7, 11) is 1.67. The summed E-state index contributed by atoms with van der Waals surface area (Å²) < 4.78 is 13.5. The maximum atomic E-state index is 13.1. The van der Waals surface area contributed by atoms with E-state index < -0.39 is 0 Å². The van der Waals surface area contributed by atoms with Crippen molar-refractivity contribution >= 4 is 17.7 Å². The number of ether oxygens (including phenoxy) is 2. The number of rotatable bonds is 6. The Balaban J connectivity index is 1.45. The highest BCUT2D eigenvalue weighted by Crippen LogP contribution is 2.29. The molecule has 7 heteroatoms. The van der Waals surface area contributed by atoms with Crippen molar-refractivity contribution in [1.82, 2.24) is 9.47 Å². The van der Waals surface area contributed by atoms with Gasteiger partial charge in [-0.2, -0.15) is 5.26 Å². The first-order valence-electron chi connectivity index (χ1n) is 11.6. The molecule has 174 valence electrons. The fourth-order valence-corrected chi connectivity index (χ4v) is 4.76. The van der Waals surface area contributed by atoms with Crippen molar-refractivity contribution in [3.63, 3.8) is 0 Å². The van der Waals surface area contributed by atoms with Gasteiger partial charge in [-0.3, -0.25) is 4.79 Å². The molecule has 0 N–H and O–H groups in total. The minimum absolute atomic E-state index is 0.179. The molecule has 2 saturated heterocycles. The highest BCUT2D eigenvalue weighted by Gasteiger charge is 2.26. The van der Waals surface area contributed by atoms with Crippen molar-refractivity contribution in [2.75, 3.05) is 44.8 Å². The predicted octanol–water partition coefficient (Wildman–Crippen LogP) is 3.55. The van der Waals surface area contributed by atoms with Crippen molar-refractivity contribution in [2.45, 2.75) is 39.3 Å². The molecule has 3 heterocycles. The molecule has 2 aliphatic rings. The molecule has 2 fully saturated rings. The Bertz CT molecular complexity index is 1070. The summed E-state index contributed by atoms with van der Waals surface area (Å²) in [5.41, 5.74) is 4.30. The number of nitrogens with zero attached hydrogens (tertiary/aromatic N) is 4. The van der Waals surface area contributed by atoms with Gasteiger partial charge in [-0.05, 0) is 56.5 Å². The summed E-state index contributed by atoms with van der Waals surface area (Å²) >= 11 is 0. The van der Waals surface area contributed by atoms with Crippen LogP contribution in [0.25, 0.3) is 6.08 Å². The van der Waals surface area contributed by atoms with Crippen LogP contribution in [0.4, 0.5) is 5.69 Å². The van der Waals surface area contributed by atoms with Crippen LogP contribution in [0, 0.1) is 25.2 Å². The number of hydrogen-bond donors (Lipinski definition) is 0. The Morgan fingerprint density at radius 2 is 2.00 bits per heavy atom. The number of aromatic nitrogens is 1. The minimum Gasteiger partial charge on any atom is -0.495 e. The van der Waals surface area contributed by atoms with Crippen LogP contribution >= 0.6 is 0 Å². The van der Waals surface area contributed by atoms with Gasteiger partial charge in [-0.25, -0.2) is 0 Å². The monoisotopic (exact) mass is 448 g/mol. The summed E-state index contributed by atoms with van der Waals surface area (Å²) in [6.45, 7) is 8.26. The molecule has 1 unspecified atom stereocenters. The number of carbonyl (C=O) groups excluding carboxylic acids is 1. The molecule has 0 aliphatic carbocycles. The molecule has 2 aliphatic heterocycles. The van der Waals surface area contributed by atoms with E-state index in [0.29, 0.717) is 26.2 Å². The number of aryl methyl sites for hydroxylation is 1. The summed E-state index contributed by atoms with van der Waals surface area (Å²) in [5, 5.41) is 9.76. The van der Waals surface area contributed by atoms with Gasteiger partial charge in [0.2, 0.25) is 0 Å². The van der Waals surface area contributed by atoms with Crippen molar-refractivity contribution in [3.8, 4) is 11.8 Å². The second-order valence-electron chi connectivity index (χ2n) is 8.69. The molecule has 33 heavy (non-hydrogen) atoms. The number of hydrogen-bond acceptors (Lipinski definition) is 5. The molecule has 0 spiro atoms. The highest BCUT2D eigenvalue weighted by atomic mass is 16.5. The summed E-state index contributed by atoms with van der Waals surface area (Å²) in [6.07, 6.45) is 4.16. The lowest BCUT2D eigenvalue weighted by Crippen LogP contribution is -2.49. The van der Waals surface area contributed by atoms with Gasteiger partial charge in [0.15, 0.2) is 0 Å². The van der Waals surface area contributed by atoms with Gasteiger partial charge in [0.1, 0.15) is 17.4 Å². The van der Waals surface area contributed by atoms with E-state index in [0.717, 1.165) is 54.4 Å². The van der Waals surface area contributed by atoms with Gasteiger partial charge in [0.05, 0.1) is 18.9 Å². The average Bonchev–Trinajstić information content (AvgIpc) is 3.46. The van der Waals surface area contributed by atoms with Crippen LogP contribution in [0.3, 0.4) is 0 Å². The second-order valence-corrected chi connectivity index (χ2v) is 8.69. The number of benzene rings is 1. The van der Waals surface area contributed by atoms with Crippen LogP contribution in [0.15, 0.2) is 35.9 Å². The van der Waals surface area contributed by atoms with Crippen molar-refractivity contribution in [3.05, 3.63) is 52.9 Å². The van der Waals surface area contributed by atoms with Crippen LogP contribution in [0.5, 0.6) is 5.75 Å². The molecule has 1 amide bonds. The van der Waals surface area contributed by atoms with Gasteiger partial charge in [-0.1, -0.05) is 12.1 Å². The molecule has 7 nitrogen and oxygen atoms in total. The molecule has 0 bridgehead atoms. The van der Waals surface area contributed by atoms with E-state index in [4.69, 9.17) is 9.47 Å². The first kappa shape index (κ1) is 22.9. The SMILES string of the molecule is COc1ccccc1N1CCN(C(=O)/C(C#N)=C/c2cc(C)n(CC3CCCO3)c2C)CC1. The topological polar surface area (TPSA) is 70.7 Å². The molecular weight excluding hydrogens is 416 g/mol. The quantitative estimate of drug-likeness (QED) is 0.499. The predicted molar refractivity (Wildman–Crippen MR) is 128 cm³/mol. The largest absolute Gasteiger partial charge is 0.495 e. The fraction of sp³-hybridized carbons (Fsp3) is 0.462. The van der Waals surface area contributed by atoms with E-state index >= 15 is 0 Å². The molecule has 0 radical (unpaired) electrons. The van der Waals surface area contributed by atoms with Gasteiger partial charge in [0, 0.05) is 50.7 Å². The van der Waals surface area contributed by atoms with E-state index in [1.54, 1.807) is 18.1 Å². The lowest BCUT2D eigenvalue weighted by molar-refractivity contribution is -0.126. The zero-order chi connectivity index (χ0) is 23.4. The van der Waals surface area contributed by atoms with E-state index in [2.05, 4.69) is 28.5 Å². The third kappa shape index (κ3) is 4.91. The normalized spacial score (nSPS) is 19.0. The first-order chi connectivity index (χ1) is 16.0. The Hall–Kier alpha value is -3.24. The Kier molecular flexibility index (Phi) is 7.05. The fourth-order valence-electron chi connectivity index (χ4n) is 4.76. The number of para-hydroxylation sites is 2. The van der Waals surface area contributed by atoms with Crippen molar-refractivity contribution < 1.29 is 14.3 Å². The van der Waals surface area contributed by atoms with E-state index in [9.17, 15) is 10.1 Å². The third-order valence-electron chi connectivity index (χ3n) is 6.67. The van der Waals surface area contributed by atoms with E-state index in [1.807, 2.05) is 31.2 Å². The summed E-state index contributed by atoms with van der Waals surface area (Å²) in [5.74, 6) is 0.620. The molecule has 1 aromatic heterocycles. The molecule has 1 aromatic carbocycles. The zero-order valence-corrected chi connectivity index (χ0v) is 19.7. The summed E-state index contributed by atoms with van der Waals surface area (Å²) in [6, 6.07) is 12.1. The Morgan fingerprint density at radius 1 is 1.24 bits per heavy atom. The standard InChI is InChI=1S/C26H32N4O3/c1-19-15-21(20(2)30(19)18-23-7-6-14-33-23)16-22(17-27)26(31)29-12-10-28(11-13-29)24-8-4-5-9-25(24)32-3/h4-5,8-9,15-16,23H,6-7,10-14,18H2,1-3H3/b22-16+. The molecule has 4 rings (SSSR count). The van der Waals surface area contributed by atoms with Gasteiger partial charge < -0.3 is 23.8 Å². The van der Waals surface area contributed by atoms with Crippen molar-refractivity contribution in [1.29, 1.82) is 5.26 Å². The van der Waals surface area contributed by atoms with Crippen LogP contribution in [-0.4, -0.2) is 61.4 Å². The minimum atomic E-state index is -0.207. The molecule has 1 atom stereocenters. The number of amides is 1. The summed E-state index contributed by atoms with van der Waals surface area (Å²) in [4.78, 5) is 17.1. The maximum absolute atomic E-state index is 13.1. The number of carbonyl (C=O) groups is 1. The number of methoxy groups -OCH3 is 1.